The molecule has 7 heteroatoms. The Morgan fingerprint density at radius 1 is 1.38 bits per heavy atom. The topological polar surface area (TPSA) is 108 Å². The second-order valence-corrected chi connectivity index (χ2v) is 5.34. The van der Waals surface area contributed by atoms with Crippen molar-refractivity contribution in [1.82, 2.24) is 21.5 Å². The van der Waals surface area contributed by atoms with Gasteiger partial charge < -0.3 is 16.4 Å². The van der Waals surface area contributed by atoms with Crippen LogP contribution < -0.4 is 27.2 Å². The normalized spacial score (nSPS) is 19.6. The van der Waals surface area contributed by atoms with Crippen LogP contribution >= 0.6 is 0 Å². The van der Waals surface area contributed by atoms with Gasteiger partial charge in [0.2, 0.25) is 5.91 Å². The summed E-state index contributed by atoms with van der Waals surface area (Å²) < 4.78 is 0. The van der Waals surface area contributed by atoms with Crippen LogP contribution in [-0.4, -0.2) is 31.6 Å². The molecule has 1 fully saturated rings. The van der Waals surface area contributed by atoms with Crippen molar-refractivity contribution in [2.45, 2.75) is 45.1 Å². The van der Waals surface area contributed by atoms with Crippen LogP contribution in [0.15, 0.2) is 11.8 Å². The molecule has 0 radical (unpaired) electrons. The third kappa shape index (κ3) is 6.59. The van der Waals surface area contributed by atoms with Gasteiger partial charge in [-0.2, -0.15) is 0 Å². The van der Waals surface area contributed by atoms with Crippen LogP contribution in [0.5, 0.6) is 0 Å². The molecule has 0 saturated heterocycles. The first-order valence-electron chi connectivity index (χ1n) is 7.51. The second kappa shape index (κ2) is 9.36. The van der Waals surface area contributed by atoms with E-state index in [4.69, 9.17) is 5.73 Å². The zero-order valence-corrected chi connectivity index (χ0v) is 12.9. The maximum atomic E-state index is 11.5. The second-order valence-electron chi connectivity index (χ2n) is 5.34. The van der Waals surface area contributed by atoms with Gasteiger partial charge in [-0.25, -0.2) is 10.2 Å². The zero-order valence-electron chi connectivity index (χ0n) is 12.9. The van der Waals surface area contributed by atoms with Crippen LogP contribution in [0.3, 0.4) is 0 Å². The fourth-order valence-corrected chi connectivity index (χ4v) is 2.21. The van der Waals surface area contributed by atoms with Crippen molar-refractivity contribution in [3.05, 3.63) is 11.8 Å². The lowest BCUT2D eigenvalue weighted by atomic mass is 9.86. The maximum absolute atomic E-state index is 11.5. The van der Waals surface area contributed by atoms with Crippen LogP contribution in [0, 0.1) is 5.92 Å². The third-order valence-corrected chi connectivity index (χ3v) is 3.74. The average molecular weight is 297 g/mol. The lowest BCUT2D eigenvalue weighted by Gasteiger charge is -2.22. The molecule has 1 aliphatic carbocycles. The summed E-state index contributed by atoms with van der Waals surface area (Å²) in [5.41, 5.74) is 12.2. The first kappa shape index (κ1) is 17.5. The quantitative estimate of drug-likeness (QED) is 0.456. The number of hydrogen-bond acceptors (Lipinski definition) is 4. The predicted molar refractivity (Wildman–Crippen MR) is 82.0 cm³/mol. The Bertz CT molecular complexity index is 374. The van der Waals surface area contributed by atoms with Crippen LogP contribution in [0.25, 0.3) is 0 Å². The van der Waals surface area contributed by atoms with Crippen molar-refractivity contribution >= 4 is 11.9 Å². The lowest BCUT2D eigenvalue weighted by molar-refractivity contribution is -0.125. The van der Waals surface area contributed by atoms with Gasteiger partial charge in [0.15, 0.2) is 0 Å². The van der Waals surface area contributed by atoms with Crippen molar-refractivity contribution in [2.24, 2.45) is 11.7 Å². The Morgan fingerprint density at radius 3 is 2.62 bits per heavy atom. The largest absolute Gasteiger partial charge is 0.359 e. The molecule has 0 aromatic heterocycles. The first-order chi connectivity index (χ1) is 10.1. The monoisotopic (exact) mass is 297 g/mol. The molecule has 0 heterocycles. The molecule has 0 bridgehead atoms. The standard InChI is InChI=1S/C14H27N5O2/c1-3-12(15)9-18-19-14(21)17-8-10-4-6-11(7-5-10)13(20)16-2/h8,11-12,18H,3-7,9,15H2,1-2H3,(H,16,20)(H2,17,19,21). The van der Waals surface area contributed by atoms with Crippen molar-refractivity contribution in [3.8, 4) is 0 Å². The van der Waals surface area contributed by atoms with Crippen molar-refractivity contribution in [3.63, 3.8) is 0 Å². The number of rotatable bonds is 6. The number of carbonyl (C=O) groups is 2. The molecule has 1 rings (SSSR count). The van der Waals surface area contributed by atoms with E-state index in [1.54, 1.807) is 13.2 Å². The van der Waals surface area contributed by atoms with Gasteiger partial charge in [-0.15, -0.1) is 0 Å². The van der Waals surface area contributed by atoms with E-state index in [1.165, 1.54) is 0 Å². The highest BCUT2D eigenvalue weighted by Gasteiger charge is 2.22. The summed E-state index contributed by atoms with van der Waals surface area (Å²) in [6, 6.07) is -0.275. The van der Waals surface area contributed by atoms with E-state index in [0.717, 1.165) is 37.7 Å². The van der Waals surface area contributed by atoms with Gasteiger partial charge >= 0.3 is 6.03 Å². The average Bonchev–Trinajstić information content (AvgIpc) is 2.52. The molecule has 0 aromatic carbocycles. The van der Waals surface area contributed by atoms with Gasteiger partial charge in [-0.3, -0.25) is 10.2 Å². The first-order valence-corrected chi connectivity index (χ1v) is 7.51. The number of hydrazine groups is 1. The van der Waals surface area contributed by atoms with E-state index in [1.807, 2.05) is 6.92 Å². The zero-order chi connectivity index (χ0) is 15.7. The molecule has 1 atom stereocenters. The van der Waals surface area contributed by atoms with Crippen LogP contribution in [0.4, 0.5) is 4.79 Å². The van der Waals surface area contributed by atoms with E-state index in [9.17, 15) is 9.59 Å². The molecule has 3 amide bonds. The van der Waals surface area contributed by atoms with Gasteiger partial charge in [0.05, 0.1) is 0 Å². The Kier molecular flexibility index (Phi) is 7.78. The van der Waals surface area contributed by atoms with Crippen LogP contribution in [0.2, 0.25) is 0 Å². The number of urea groups is 1. The van der Waals surface area contributed by atoms with Crippen molar-refractivity contribution in [1.29, 1.82) is 0 Å². The van der Waals surface area contributed by atoms with E-state index < -0.39 is 0 Å². The molecule has 1 aliphatic rings. The molecular weight excluding hydrogens is 270 g/mol. The molecule has 120 valence electrons. The van der Waals surface area contributed by atoms with Gasteiger partial charge in [-0.05, 0) is 32.1 Å². The van der Waals surface area contributed by atoms with E-state index in [0.29, 0.717) is 6.54 Å². The van der Waals surface area contributed by atoms with Gasteiger partial charge in [0, 0.05) is 31.8 Å². The molecular formula is C14H27N5O2. The summed E-state index contributed by atoms with van der Waals surface area (Å²) in [5.74, 6) is 0.203. The maximum Gasteiger partial charge on any atom is 0.333 e. The minimum atomic E-state index is -0.306. The Balaban J connectivity index is 2.22. The van der Waals surface area contributed by atoms with Gasteiger partial charge in [-0.1, -0.05) is 12.5 Å². The van der Waals surface area contributed by atoms with Crippen molar-refractivity contribution < 1.29 is 9.59 Å². The molecule has 6 N–H and O–H groups in total. The molecule has 7 nitrogen and oxygen atoms in total. The third-order valence-electron chi connectivity index (χ3n) is 3.74. The number of allylic oxidation sites excluding steroid dienone is 1. The number of nitrogens with one attached hydrogen (secondary N) is 4. The minimum Gasteiger partial charge on any atom is -0.359 e. The molecule has 1 unspecified atom stereocenters. The highest BCUT2D eigenvalue weighted by atomic mass is 16.2. The summed E-state index contributed by atoms with van der Waals surface area (Å²) in [6.07, 6.45) is 5.93. The van der Waals surface area contributed by atoms with Crippen molar-refractivity contribution in [2.75, 3.05) is 13.6 Å². The summed E-state index contributed by atoms with van der Waals surface area (Å²) in [7, 11) is 1.66. The highest BCUT2D eigenvalue weighted by molar-refractivity contribution is 5.78. The smallest absolute Gasteiger partial charge is 0.333 e. The number of hydrogen-bond donors (Lipinski definition) is 5. The number of nitrogens with two attached hydrogens (primary N) is 1. The molecule has 21 heavy (non-hydrogen) atoms. The summed E-state index contributed by atoms with van der Waals surface area (Å²) in [4.78, 5) is 23.0. The van der Waals surface area contributed by atoms with Gasteiger partial charge in [0.1, 0.15) is 0 Å². The van der Waals surface area contributed by atoms with E-state index >= 15 is 0 Å². The molecule has 0 aliphatic heterocycles. The predicted octanol–water partition coefficient (Wildman–Crippen LogP) is 0.348. The highest BCUT2D eigenvalue weighted by Crippen LogP contribution is 2.27. The lowest BCUT2D eigenvalue weighted by Crippen LogP contribution is -2.47. The van der Waals surface area contributed by atoms with Crippen LogP contribution in [-0.2, 0) is 4.79 Å². The number of amides is 3. The minimum absolute atomic E-state index is 0.0312. The summed E-state index contributed by atoms with van der Waals surface area (Å²) in [6.45, 7) is 2.53. The fourth-order valence-electron chi connectivity index (χ4n) is 2.21. The van der Waals surface area contributed by atoms with E-state index in [-0.39, 0.29) is 23.9 Å². The van der Waals surface area contributed by atoms with Crippen LogP contribution in [0.1, 0.15) is 39.0 Å². The Hall–Kier alpha value is -1.60. The fraction of sp³-hybridized carbons (Fsp3) is 0.714. The Labute approximate surface area is 126 Å². The molecule has 0 spiro atoms. The summed E-state index contributed by atoms with van der Waals surface area (Å²) in [5, 5.41) is 5.37. The summed E-state index contributed by atoms with van der Waals surface area (Å²) >= 11 is 0. The van der Waals surface area contributed by atoms with Gasteiger partial charge in [0.25, 0.3) is 0 Å². The molecule has 1 saturated carbocycles. The Morgan fingerprint density at radius 2 is 2.05 bits per heavy atom. The van der Waals surface area contributed by atoms with E-state index in [2.05, 4.69) is 21.5 Å². The number of carbonyl (C=O) groups excluding carboxylic acids is 2. The molecule has 0 aromatic rings. The SMILES string of the molecule is CCC(N)CNNC(=O)NC=C1CCC(C(=O)NC)CC1.